The quantitative estimate of drug-likeness (QED) is 0.0466. The van der Waals surface area contributed by atoms with Crippen LogP contribution in [0, 0.1) is 0 Å². The maximum Gasteiger partial charge on any atom is 0.323 e. The number of amides is 3. The number of aromatic nitrogens is 2. The van der Waals surface area contributed by atoms with Crippen molar-refractivity contribution < 1.29 is 19.2 Å². The molecule has 0 saturated heterocycles. The maximum absolute atomic E-state index is 13.4. The molecule has 15 heteroatoms. The average molecular weight is 755 g/mol. The minimum absolute atomic E-state index is 0.184. The van der Waals surface area contributed by atoms with Gasteiger partial charge < -0.3 is 41.0 Å². The van der Waals surface area contributed by atoms with Gasteiger partial charge in [0.05, 0.1) is 16.7 Å². The summed E-state index contributed by atoms with van der Waals surface area (Å²) < 4.78 is 0. The topological polar surface area (TPSA) is 196 Å². The number of anilines is 2. The molecule has 0 fully saturated rings. The number of carbonyl (C=O) groups is 4. The first-order valence-corrected chi connectivity index (χ1v) is 19.0. The molecule has 55 heavy (non-hydrogen) atoms. The zero-order valence-corrected chi connectivity index (χ0v) is 32.5. The fourth-order valence-electron chi connectivity index (χ4n) is 5.90. The van der Waals surface area contributed by atoms with E-state index in [0.717, 1.165) is 52.1 Å². The van der Waals surface area contributed by atoms with Crippen molar-refractivity contribution in [2.75, 3.05) is 69.5 Å². The Morgan fingerprint density at radius 2 is 1.24 bits per heavy atom. The summed E-state index contributed by atoms with van der Waals surface area (Å²) in [6, 6.07) is 15.6. The van der Waals surface area contributed by atoms with Crippen LogP contribution < -0.4 is 27.0 Å². The number of nitrogens with zero attached hydrogens (tertiary/aromatic N) is 4. The van der Waals surface area contributed by atoms with Gasteiger partial charge in [-0.2, -0.15) is 10.2 Å². The number of benzene rings is 3. The Balaban J connectivity index is 1.41. The number of H-pyrrole nitrogens is 2. The van der Waals surface area contributed by atoms with Crippen LogP contribution in [0.3, 0.4) is 0 Å². The summed E-state index contributed by atoms with van der Waals surface area (Å²) in [6.45, 7) is 16.4. The number of azo groups is 1. The molecule has 1 heterocycles. The van der Waals surface area contributed by atoms with Crippen LogP contribution in [0.2, 0.25) is 0 Å². The van der Waals surface area contributed by atoms with Crippen molar-refractivity contribution in [2.24, 2.45) is 10.2 Å². The number of ketones is 1. The third-order valence-corrected chi connectivity index (χ3v) is 9.30. The lowest BCUT2D eigenvalue weighted by atomic mass is 10.1. The number of rotatable bonds is 22. The van der Waals surface area contributed by atoms with Crippen LogP contribution in [0.25, 0.3) is 11.0 Å². The molecule has 4 rings (SSSR count). The minimum Gasteiger partial charge on any atom is -0.382 e. The molecule has 0 bridgehead atoms. The van der Waals surface area contributed by atoms with Gasteiger partial charge in [0, 0.05) is 47.7 Å². The second-order valence-corrected chi connectivity index (χ2v) is 13.1. The molecule has 0 radical (unpaired) electrons. The summed E-state index contributed by atoms with van der Waals surface area (Å²) in [6.07, 6.45) is 1.56. The second kappa shape index (κ2) is 21.3. The van der Waals surface area contributed by atoms with Crippen LogP contribution in [-0.4, -0.2) is 108 Å². The molecule has 0 aliphatic heterocycles. The molecule has 15 nitrogen and oxygen atoms in total. The number of hydrogen-bond donors (Lipinski definition) is 6. The Hall–Kier alpha value is -5.67. The predicted molar refractivity (Wildman–Crippen MR) is 217 cm³/mol. The van der Waals surface area contributed by atoms with E-state index < -0.39 is 11.9 Å². The van der Waals surface area contributed by atoms with Crippen molar-refractivity contribution in [1.29, 1.82) is 0 Å². The van der Waals surface area contributed by atoms with Crippen LogP contribution in [0.1, 0.15) is 78.5 Å². The van der Waals surface area contributed by atoms with Gasteiger partial charge in [-0.15, -0.1) is 0 Å². The van der Waals surface area contributed by atoms with Crippen molar-refractivity contribution >= 4 is 51.6 Å². The van der Waals surface area contributed by atoms with Gasteiger partial charge in [0.2, 0.25) is 0 Å². The Morgan fingerprint density at radius 3 is 1.78 bits per heavy atom. The molecule has 4 aromatic rings. The molecule has 0 aliphatic rings. The van der Waals surface area contributed by atoms with Gasteiger partial charge in [-0.05, 0) is 120 Å². The van der Waals surface area contributed by atoms with E-state index in [1.165, 1.54) is 6.92 Å². The van der Waals surface area contributed by atoms with Gasteiger partial charge >= 0.3 is 5.69 Å². The number of carbonyl (C=O) groups excluding carboxylic acids is 4. The van der Waals surface area contributed by atoms with Gasteiger partial charge in [0.15, 0.2) is 5.78 Å². The van der Waals surface area contributed by atoms with Crippen molar-refractivity contribution in [3.63, 3.8) is 0 Å². The highest BCUT2D eigenvalue weighted by Gasteiger charge is 2.17. The molecule has 3 aromatic carbocycles. The summed E-state index contributed by atoms with van der Waals surface area (Å²) in [5, 5.41) is 20.3. The van der Waals surface area contributed by atoms with Gasteiger partial charge in [-0.25, -0.2) is 4.79 Å². The van der Waals surface area contributed by atoms with Gasteiger partial charge in [0.25, 0.3) is 17.7 Å². The molecule has 6 N–H and O–H groups in total. The van der Waals surface area contributed by atoms with E-state index in [9.17, 15) is 24.0 Å². The average Bonchev–Trinajstić information content (AvgIpc) is 3.57. The van der Waals surface area contributed by atoms with E-state index in [1.807, 2.05) is 0 Å². The first-order chi connectivity index (χ1) is 26.5. The Labute approximate surface area is 321 Å². The Bertz CT molecular complexity index is 1930. The van der Waals surface area contributed by atoms with Crippen molar-refractivity contribution in [2.45, 2.75) is 53.5 Å². The summed E-state index contributed by atoms with van der Waals surface area (Å²) >= 11 is 0. The summed E-state index contributed by atoms with van der Waals surface area (Å²) in [7, 11) is 0. The molecule has 1 atom stereocenters. The Kier molecular flexibility index (Phi) is 16.3. The largest absolute Gasteiger partial charge is 0.382 e. The van der Waals surface area contributed by atoms with E-state index in [2.05, 4.69) is 79.0 Å². The first kappa shape index (κ1) is 42.1. The molecular weight excluding hydrogens is 701 g/mol. The second-order valence-electron chi connectivity index (χ2n) is 13.1. The molecule has 0 saturated carbocycles. The molecule has 3 amide bonds. The van der Waals surface area contributed by atoms with Gasteiger partial charge in [0.1, 0.15) is 6.04 Å². The third kappa shape index (κ3) is 13.0. The third-order valence-electron chi connectivity index (χ3n) is 9.30. The number of nitrogens with one attached hydrogen (secondary N) is 6. The fraction of sp³-hybridized carbons (Fsp3) is 0.425. The lowest BCUT2D eigenvalue weighted by molar-refractivity contribution is -0.117. The van der Waals surface area contributed by atoms with E-state index in [-0.39, 0.29) is 41.0 Å². The van der Waals surface area contributed by atoms with Crippen LogP contribution in [0.4, 0.5) is 17.1 Å². The van der Waals surface area contributed by atoms with Gasteiger partial charge in [-0.1, -0.05) is 27.7 Å². The molecule has 0 aliphatic carbocycles. The van der Waals surface area contributed by atoms with Crippen molar-refractivity contribution in [1.82, 2.24) is 30.4 Å². The van der Waals surface area contributed by atoms with Crippen molar-refractivity contribution in [3.8, 4) is 0 Å². The minimum atomic E-state index is -0.774. The van der Waals surface area contributed by atoms with Crippen LogP contribution in [-0.2, 0) is 4.79 Å². The normalized spacial score (nSPS) is 12.0. The van der Waals surface area contributed by atoms with Crippen LogP contribution in [0.15, 0.2) is 75.7 Å². The number of imidazole rings is 1. The monoisotopic (exact) mass is 754 g/mol. The molecular formula is C40H54N10O5. The van der Waals surface area contributed by atoms with E-state index in [4.69, 9.17) is 0 Å². The number of Topliss-reactive ketones (excluding diaryl/α,β-unsaturated/α-hetero) is 1. The highest BCUT2D eigenvalue weighted by Crippen LogP contribution is 2.20. The summed E-state index contributed by atoms with van der Waals surface area (Å²) in [5.41, 5.74) is 3.30. The maximum atomic E-state index is 13.4. The van der Waals surface area contributed by atoms with Gasteiger partial charge in [-0.3, -0.25) is 19.2 Å². The smallest absolute Gasteiger partial charge is 0.323 e. The van der Waals surface area contributed by atoms with E-state index in [0.29, 0.717) is 46.7 Å². The highest BCUT2D eigenvalue weighted by molar-refractivity contribution is 6.07. The Morgan fingerprint density at radius 1 is 0.673 bits per heavy atom. The molecule has 0 spiro atoms. The zero-order chi connectivity index (χ0) is 39.7. The molecule has 1 unspecified atom stereocenters. The standard InChI is InChI=1S/C40H54N10O5/c1-6-49(7-2)20-10-18-41-37(52)29-22-30(38(53)42-19-11-21-50(8-3)9-4)24-33(23-29)44-39(54)28-12-14-31(15-13-28)47-48-36(27(5)51)26-43-32-16-17-34-35(25-32)46-40(55)45-34/h12-17,22-25,36,43H,6-11,18-21,26H2,1-5H3,(H,41,52)(H,42,53)(H,44,54)(H2,45,46,55)/b48-47+. The lowest BCUT2D eigenvalue weighted by Gasteiger charge is -2.18. The van der Waals surface area contributed by atoms with Crippen LogP contribution >= 0.6 is 0 Å². The SMILES string of the molecule is CCN(CC)CCCNC(=O)c1cc(NC(=O)c2ccc(/N=N/C(CNc3ccc4[nH]c(=O)[nH]c4c3)C(C)=O)cc2)cc(C(=O)NCCCN(CC)CC)c1. The zero-order valence-electron chi connectivity index (χ0n) is 32.5. The number of hydrogen-bond acceptors (Lipinski definition) is 10. The highest BCUT2D eigenvalue weighted by atomic mass is 16.2. The number of aromatic amines is 2. The molecule has 294 valence electrons. The van der Waals surface area contributed by atoms with Crippen LogP contribution in [0.5, 0.6) is 0 Å². The molecule has 1 aromatic heterocycles. The van der Waals surface area contributed by atoms with E-state index >= 15 is 0 Å². The fourth-order valence-corrected chi connectivity index (χ4v) is 5.90. The predicted octanol–water partition coefficient (Wildman–Crippen LogP) is 5.19. The summed E-state index contributed by atoms with van der Waals surface area (Å²) in [4.78, 5) is 73.7. The van der Waals surface area contributed by atoms with Crippen molar-refractivity contribution in [3.05, 3.63) is 87.8 Å². The summed E-state index contributed by atoms with van der Waals surface area (Å²) in [5.74, 6) is -1.31. The first-order valence-electron chi connectivity index (χ1n) is 19.0. The van der Waals surface area contributed by atoms with E-state index in [1.54, 1.807) is 60.7 Å². The number of fused-ring (bicyclic) bond motifs is 1. The lowest BCUT2D eigenvalue weighted by Crippen LogP contribution is -2.31.